The number of hydrogen-bond donors (Lipinski definition) is 0. The standard InChI is InChI=1S/C19H27N/c1-2-7-17(8-3-1)20-13-12-19-16(14-20)11-10-15-6-4-5-9-18(15)19/h4-6,9,16-17,19H,1-3,7-8,10-14H2/t16-,19+/m0/s1. The zero-order valence-corrected chi connectivity index (χ0v) is 12.6. The molecule has 1 aliphatic heterocycles. The molecule has 1 heteroatoms. The van der Waals surface area contributed by atoms with Gasteiger partial charge < -0.3 is 4.90 Å². The van der Waals surface area contributed by atoms with E-state index in [0.717, 1.165) is 17.9 Å². The van der Waals surface area contributed by atoms with Crippen LogP contribution in [0.1, 0.15) is 62.0 Å². The van der Waals surface area contributed by atoms with E-state index in [0.29, 0.717) is 0 Å². The summed E-state index contributed by atoms with van der Waals surface area (Å²) in [4.78, 5) is 2.86. The second-order valence-corrected chi connectivity index (χ2v) is 7.18. The number of fused-ring (bicyclic) bond motifs is 3. The zero-order valence-electron chi connectivity index (χ0n) is 12.6. The molecule has 1 nitrogen and oxygen atoms in total. The minimum atomic E-state index is 0.861. The van der Waals surface area contributed by atoms with E-state index in [2.05, 4.69) is 29.2 Å². The van der Waals surface area contributed by atoms with Crippen molar-refractivity contribution in [2.75, 3.05) is 13.1 Å². The Labute approximate surface area is 123 Å². The predicted molar refractivity (Wildman–Crippen MR) is 84.1 cm³/mol. The van der Waals surface area contributed by atoms with Gasteiger partial charge in [0.1, 0.15) is 0 Å². The highest BCUT2D eigenvalue weighted by atomic mass is 15.2. The zero-order chi connectivity index (χ0) is 13.4. The van der Waals surface area contributed by atoms with Gasteiger partial charge >= 0.3 is 0 Å². The first-order chi connectivity index (χ1) is 9.92. The quantitative estimate of drug-likeness (QED) is 0.731. The first-order valence-corrected chi connectivity index (χ1v) is 8.73. The Hall–Kier alpha value is -0.820. The third-order valence-corrected chi connectivity index (χ3v) is 6.10. The minimum absolute atomic E-state index is 0.861. The normalized spacial score (nSPS) is 31.6. The van der Waals surface area contributed by atoms with Crippen molar-refractivity contribution in [1.82, 2.24) is 4.90 Å². The SMILES string of the molecule is c1ccc2c(c1)CC[C@H]1CN(C3CCCCC3)CC[C@@H]21. The molecule has 1 saturated heterocycles. The highest BCUT2D eigenvalue weighted by Crippen LogP contribution is 2.42. The summed E-state index contributed by atoms with van der Waals surface area (Å²) < 4.78 is 0. The van der Waals surface area contributed by atoms with Crippen LogP contribution in [0.5, 0.6) is 0 Å². The van der Waals surface area contributed by atoms with Gasteiger partial charge in [0, 0.05) is 12.6 Å². The molecular formula is C19H27N. The molecule has 1 saturated carbocycles. The Kier molecular flexibility index (Phi) is 3.56. The van der Waals surface area contributed by atoms with E-state index in [4.69, 9.17) is 0 Å². The molecule has 4 rings (SSSR count). The van der Waals surface area contributed by atoms with Gasteiger partial charge in [-0.2, -0.15) is 0 Å². The van der Waals surface area contributed by atoms with Crippen LogP contribution in [0.15, 0.2) is 24.3 Å². The van der Waals surface area contributed by atoms with E-state index >= 15 is 0 Å². The van der Waals surface area contributed by atoms with Crippen LogP contribution in [0.25, 0.3) is 0 Å². The van der Waals surface area contributed by atoms with Gasteiger partial charge in [0.05, 0.1) is 0 Å². The van der Waals surface area contributed by atoms with Crippen LogP contribution in [0.4, 0.5) is 0 Å². The summed E-state index contributed by atoms with van der Waals surface area (Å²) in [5.74, 6) is 1.79. The van der Waals surface area contributed by atoms with E-state index in [1.54, 1.807) is 11.1 Å². The number of rotatable bonds is 1. The van der Waals surface area contributed by atoms with Crippen molar-refractivity contribution >= 4 is 0 Å². The molecule has 0 N–H and O–H groups in total. The van der Waals surface area contributed by atoms with E-state index < -0.39 is 0 Å². The molecule has 0 amide bonds. The van der Waals surface area contributed by atoms with Crippen LogP contribution in [-0.4, -0.2) is 24.0 Å². The smallest absolute Gasteiger partial charge is 0.00953 e. The highest BCUT2D eigenvalue weighted by Gasteiger charge is 2.36. The maximum atomic E-state index is 2.86. The van der Waals surface area contributed by atoms with Gasteiger partial charge in [-0.3, -0.25) is 0 Å². The van der Waals surface area contributed by atoms with E-state index in [-0.39, 0.29) is 0 Å². The molecule has 0 spiro atoms. The van der Waals surface area contributed by atoms with Gasteiger partial charge in [0.25, 0.3) is 0 Å². The summed E-state index contributed by atoms with van der Waals surface area (Å²) >= 11 is 0. The van der Waals surface area contributed by atoms with Crippen LogP contribution < -0.4 is 0 Å². The van der Waals surface area contributed by atoms with E-state index in [1.807, 2.05) is 0 Å². The van der Waals surface area contributed by atoms with Crippen LogP contribution in [-0.2, 0) is 6.42 Å². The number of likely N-dealkylation sites (tertiary alicyclic amines) is 1. The fraction of sp³-hybridized carbons (Fsp3) is 0.684. The Bertz CT molecular complexity index is 461. The first kappa shape index (κ1) is 12.9. The lowest BCUT2D eigenvalue weighted by Crippen LogP contribution is -2.47. The Morgan fingerprint density at radius 1 is 0.900 bits per heavy atom. The van der Waals surface area contributed by atoms with Gasteiger partial charge in [0.2, 0.25) is 0 Å². The third kappa shape index (κ3) is 2.30. The highest BCUT2D eigenvalue weighted by molar-refractivity contribution is 5.34. The van der Waals surface area contributed by atoms with Crippen molar-refractivity contribution in [1.29, 1.82) is 0 Å². The molecule has 0 unspecified atom stereocenters. The summed E-state index contributed by atoms with van der Waals surface area (Å²) in [6.07, 6.45) is 11.5. The van der Waals surface area contributed by atoms with Crippen LogP contribution in [0.2, 0.25) is 0 Å². The van der Waals surface area contributed by atoms with Gasteiger partial charge in [-0.05, 0) is 61.6 Å². The molecule has 1 heterocycles. The van der Waals surface area contributed by atoms with Crippen molar-refractivity contribution in [3.05, 3.63) is 35.4 Å². The topological polar surface area (TPSA) is 3.24 Å². The molecule has 20 heavy (non-hydrogen) atoms. The fourth-order valence-corrected chi connectivity index (χ4v) is 5.00. The molecule has 0 aromatic heterocycles. The largest absolute Gasteiger partial charge is 0.300 e. The summed E-state index contributed by atoms with van der Waals surface area (Å²) in [6.45, 7) is 2.73. The molecule has 1 aromatic rings. The number of piperidine rings is 1. The molecular weight excluding hydrogens is 242 g/mol. The number of nitrogens with zero attached hydrogens (tertiary/aromatic N) is 1. The lowest BCUT2D eigenvalue weighted by atomic mass is 9.71. The van der Waals surface area contributed by atoms with Gasteiger partial charge in [0.15, 0.2) is 0 Å². The second kappa shape index (κ2) is 5.52. The Morgan fingerprint density at radius 2 is 1.75 bits per heavy atom. The molecule has 2 fully saturated rings. The average molecular weight is 269 g/mol. The van der Waals surface area contributed by atoms with Crippen molar-refractivity contribution in [3.63, 3.8) is 0 Å². The molecule has 3 aliphatic rings. The van der Waals surface area contributed by atoms with Gasteiger partial charge in [-0.1, -0.05) is 43.5 Å². The predicted octanol–water partition coefficient (Wildman–Crippen LogP) is 4.37. The van der Waals surface area contributed by atoms with E-state index in [9.17, 15) is 0 Å². The molecule has 108 valence electrons. The Balaban J connectivity index is 1.49. The third-order valence-electron chi connectivity index (χ3n) is 6.10. The van der Waals surface area contributed by atoms with Gasteiger partial charge in [-0.15, -0.1) is 0 Å². The Morgan fingerprint density at radius 3 is 2.65 bits per heavy atom. The summed E-state index contributed by atoms with van der Waals surface area (Å²) in [6, 6.07) is 10.1. The van der Waals surface area contributed by atoms with Crippen molar-refractivity contribution in [2.24, 2.45) is 5.92 Å². The number of aryl methyl sites for hydroxylation is 1. The van der Waals surface area contributed by atoms with Crippen LogP contribution in [0.3, 0.4) is 0 Å². The molecule has 0 radical (unpaired) electrons. The lowest BCUT2D eigenvalue weighted by molar-refractivity contribution is 0.0791. The first-order valence-electron chi connectivity index (χ1n) is 8.73. The number of hydrogen-bond acceptors (Lipinski definition) is 1. The number of benzene rings is 1. The summed E-state index contributed by atoms with van der Waals surface area (Å²) in [5, 5.41) is 0. The van der Waals surface area contributed by atoms with Gasteiger partial charge in [-0.25, -0.2) is 0 Å². The molecule has 2 aliphatic carbocycles. The van der Waals surface area contributed by atoms with Crippen molar-refractivity contribution in [2.45, 2.75) is 63.3 Å². The maximum absolute atomic E-state index is 2.86. The lowest BCUT2D eigenvalue weighted by Gasteiger charge is -2.46. The second-order valence-electron chi connectivity index (χ2n) is 7.18. The van der Waals surface area contributed by atoms with Crippen molar-refractivity contribution in [3.8, 4) is 0 Å². The monoisotopic (exact) mass is 269 g/mol. The van der Waals surface area contributed by atoms with Crippen LogP contribution in [0, 0.1) is 5.92 Å². The molecule has 2 atom stereocenters. The van der Waals surface area contributed by atoms with E-state index in [1.165, 1.54) is 64.5 Å². The summed E-state index contributed by atoms with van der Waals surface area (Å²) in [7, 11) is 0. The summed E-state index contributed by atoms with van der Waals surface area (Å²) in [5.41, 5.74) is 3.33. The molecule has 0 bridgehead atoms. The minimum Gasteiger partial charge on any atom is -0.300 e. The fourth-order valence-electron chi connectivity index (χ4n) is 5.00. The van der Waals surface area contributed by atoms with Crippen molar-refractivity contribution < 1.29 is 0 Å². The average Bonchev–Trinajstić information content (AvgIpc) is 2.55. The molecule has 1 aromatic carbocycles. The van der Waals surface area contributed by atoms with Crippen LogP contribution >= 0.6 is 0 Å². The maximum Gasteiger partial charge on any atom is 0.00953 e.